The highest BCUT2D eigenvalue weighted by Crippen LogP contribution is 2.35. The maximum absolute atomic E-state index is 9.89. The van der Waals surface area contributed by atoms with Crippen LogP contribution in [0.5, 0.6) is 5.75 Å². The van der Waals surface area contributed by atoms with E-state index in [4.69, 9.17) is 17.3 Å². The van der Waals surface area contributed by atoms with Crippen LogP contribution in [0.15, 0.2) is 6.07 Å². The van der Waals surface area contributed by atoms with Gasteiger partial charge in [0, 0.05) is 10.6 Å². The van der Waals surface area contributed by atoms with Crippen LogP contribution in [0.4, 0.5) is 0 Å². The summed E-state index contributed by atoms with van der Waals surface area (Å²) in [7, 11) is 0. The summed E-state index contributed by atoms with van der Waals surface area (Å²) >= 11 is 6.04. The molecule has 1 unspecified atom stereocenters. The molecule has 1 rings (SSSR count). The van der Waals surface area contributed by atoms with Gasteiger partial charge in [-0.3, -0.25) is 0 Å². The van der Waals surface area contributed by atoms with Gasteiger partial charge in [-0.25, -0.2) is 0 Å². The highest BCUT2D eigenvalue weighted by molar-refractivity contribution is 6.31. The van der Waals surface area contributed by atoms with Crippen LogP contribution in [-0.4, -0.2) is 11.7 Å². The molecule has 0 saturated heterocycles. The van der Waals surface area contributed by atoms with Crippen LogP contribution in [-0.2, 0) is 0 Å². The highest BCUT2D eigenvalue weighted by Gasteiger charge is 2.16. The average Bonchev–Trinajstić information content (AvgIpc) is 2.15. The number of rotatable bonds is 2. The Labute approximate surface area is 89.7 Å². The molecule has 0 aliphatic rings. The topological polar surface area (TPSA) is 46.2 Å². The van der Waals surface area contributed by atoms with E-state index in [9.17, 15) is 5.11 Å². The van der Waals surface area contributed by atoms with E-state index in [1.807, 2.05) is 20.8 Å². The number of benzene rings is 1. The van der Waals surface area contributed by atoms with Crippen molar-refractivity contribution in [3.63, 3.8) is 0 Å². The average molecular weight is 214 g/mol. The van der Waals surface area contributed by atoms with E-state index in [2.05, 4.69) is 0 Å². The van der Waals surface area contributed by atoms with Gasteiger partial charge < -0.3 is 10.8 Å². The Morgan fingerprint density at radius 2 is 2.07 bits per heavy atom. The lowest BCUT2D eigenvalue weighted by Gasteiger charge is -2.17. The molecule has 0 amide bonds. The lowest BCUT2D eigenvalue weighted by atomic mass is 9.93. The Kier molecular flexibility index (Phi) is 3.40. The smallest absolute Gasteiger partial charge is 0.122 e. The van der Waals surface area contributed by atoms with Crippen molar-refractivity contribution >= 4 is 11.6 Å². The van der Waals surface area contributed by atoms with Gasteiger partial charge in [0.2, 0.25) is 0 Å². The van der Waals surface area contributed by atoms with Crippen molar-refractivity contribution in [2.24, 2.45) is 5.73 Å². The predicted molar refractivity (Wildman–Crippen MR) is 60.1 cm³/mol. The van der Waals surface area contributed by atoms with E-state index in [1.165, 1.54) is 0 Å². The molecule has 78 valence electrons. The molecule has 1 aromatic rings. The summed E-state index contributed by atoms with van der Waals surface area (Å²) in [6.45, 7) is 6.24. The normalized spacial score (nSPS) is 12.9. The summed E-state index contributed by atoms with van der Waals surface area (Å²) < 4.78 is 0. The lowest BCUT2D eigenvalue weighted by Crippen LogP contribution is -2.11. The number of aryl methyl sites for hydroxylation is 1. The number of phenolic OH excluding ortho intramolecular Hbond substituents is 1. The van der Waals surface area contributed by atoms with Gasteiger partial charge in [0.05, 0.1) is 0 Å². The van der Waals surface area contributed by atoms with Crippen LogP contribution in [0.3, 0.4) is 0 Å². The monoisotopic (exact) mass is 213 g/mol. The second-order valence-electron chi connectivity index (χ2n) is 3.70. The molecule has 14 heavy (non-hydrogen) atoms. The fourth-order valence-corrected chi connectivity index (χ4v) is 1.87. The van der Waals surface area contributed by atoms with Crippen LogP contribution < -0.4 is 5.73 Å². The van der Waals surface area contributed by atoms with Gasteiger partial charge in [0.1, 0.15) is 5.75 Å². The van der Waals surface area contributed by atoms with Gasteiger partial charge >= 0.3 is 0 Å². The number of hydrogen-bond donors (Lipinski definition) is 2. The highest BCUT2D eigenvalue weighted by atomic mass is 35.5. The third kappa shape index (κ3) is 1.86. The van der Waals surface area contributed by atoms with E-state index in [0.29, 0.717) is 17.3 Å². The summed E-state index contributed by atoms with van der Waals surface area (Å²) in [5.41, 5.74) is 8.19. The van der Waals surface area contributed by atoms with Crippen LogP contribution in [0, 0.1) is 13.8 Å². The fourth-order valence-electron chi connectivity index (χ4n) is 1.61. The number of nitrogens with two attached hydrogens (primary N) is 1. The van der Waals surface area contributed by atoms with Gasteiger partial charge in [-0.05, 0) is 43.5 Å². The van der Waals surface area contributed by atoms with Crippen LogP contribution in [0.1, 0.15) is 29.5 Å². The van der Waals surface area contributed by atoms with E-state index in [0.717, 1.165) is 16.7 Å². The minimum absolute atomic E-state index is 0.132. The van der Waals surface area contributed by atoms with Crippen molar-refractivity contribution in [3.05, 3.63) is 27.8 Å². The van der Waals surface area contributed by atoms with E-state index < -0.39 is 0 Å². The van der Waals surface area contributed by atoms with Crippen LogP contribution in [0.25, 0.3) is 0 Å². The zero-order chi connectivity index (χ0) is 10.9. The number of hydrogen-bond acceptors (Lipinski definition) is 2. The first kappa shape index (κ1) is 11.3. The molecule has 0 saturated carbocycles. The molecule has 3 N–H and O–H groups in total. The van der Waals surface area contributed by atoms with Crippen molar-refractivity contribution in [1.82, 2.24) is 0 Å². The first-order valence-electron chi connectivity index (χ1n) is 4.67. The molecule has 1 aromatic carbocycles. The molecule has 0 fully saturated rings. The SMILES string of the molecule is Cc1cc(Cl)c(C)c(C(C)CN)c1O. The molecule has 2 nitrogen and oxygen atoms in total. The minimum atomic E-state index is 0.132. The summed E-state index contributed by atoms with van der Waals surface area (Å²) in [6, 6.07) is 1.78. The quantitative estimate of drug-likeness (QED) is 0.794. The van der Waals surface area contributed by atoms with Crippen LogP contribution in [0.2, 0.25) is 5.02 Å². The number of aromatic hydroxyl groups is 1. The Morgan fingerprint density at radius 1 is 1.50 bits per heavy atom. The Bertz CT molecular complexity index is 323. The summed E-state index contributed by atoms with van der Waals surface area (Å²) in [6.07, 6.45) is 0. The van der Waals surface area contributed by atoms with Crippen molar-refractivity contribution in [2.75, 3.05) is 6.54 Å². The maximum atomic E-state index is 9.89. The molecule has 1 atom stereocenters. The molecule has 0 aromatic heterocycles. The second kappa shape index (κ2) is 4.20. The summed E-state index contributed by atoms with van der Waals surface area (Å²) in [5, 5.41) is 10.6. The van der Waals surface area contributed by atoms with Gasteiger partial charge in [-0.15, -0.1) is 0 Å². The molecule has 0 aliphatic heterocycles. The molecule has 0 radical (unpaired) electrons. The third-order valence-electron chi connectivity index (χ3n) is 2.58. The number of phenols is 1. The van der Waals surface area contributed by atoms with Crippen molar-refractivity contribution in [1.29, 1.82) is 0 Å². The standard InChI is InChI=1S/C11H16ClNO/c1-6-4-9(12)8(3)10(11(6)14)7(2)5-13/h4,7,14H,5,13H2,1-3H3. The van der Waals surface area contributed by atoms with Crippen molar-refractivity contribution in [3.8, 4) is 5.75 Å². The Hall–Kier alpha value is -0.730. The first-order chi connectivity index (χ1) is 6.49. The van der Waals surface area contributed by atoms with Gasteiger partial charge in [-0.2, -0.15) is 0 Å². The zero-order valence-corrected chi connectivity index (χ0v) is 9.52. The molecule has 3 heteroatoms. The largest absolute Gasteiger partial charge is 0.507 e. The summed E-state index contributed by atoms with van der Waals surface area (Å²) in [4.78, 5) is 0. The Morgan fingerprint density at radius 3 is 2.57 bits per heavy atom. The van der Waals surface area contributed by atoms with Crippen molar-refractivity contribution in [2.45, 2.75) is 26.7 Å². The molecule has 0 aliphatic carbocycles. The first-order valence-corrected chi connectivity index (χ1v) is 5.05. The fraction of sp³-hybridized carbons (Fsp3) is 0.455. The molecule has 0 bridgehead atoms. The lowest BCUT2D eigenvalue weighted by molar-refractivity contribution is 0.458. The van der Waals surface area contributed by atoms with E-state index in [1.54, 1.807) is 6.07 Å². The predicted octanol–water partition coefficient (Wildman–Crippen LogP) is 2.72. The third-order valence-corrected chi connectivity index (χ3v) is 2.97. The molecule has 0 heterocycles. The minimum Gasteiger partial charge on any atom is -0.507 e. The van der Waals surface area contributed by atoms with Gasteiger partial charge in [0.25, 0.3) is 0 Å². The second-order valence-corrected chi connectivity index (χ2v) is 4.11. The van der Waals surface area contributed by atoms with E-state index in [-0.39, 0.29) is 5.92 Å². The van der Waals surface area contributed by atoms with Gasteiger partial charge in [-0.1, -0.05) is 18.5 Å². The molecular formula is C11H16ClNO. The number of halogens is 1. The van der Waals surface area contributed by atoms with Crippen LogP contribution >= 0.6 is 11.6 Å². The van der Waals surface area contributed by atoms with E-state index >= 15 is 0 Å². The molecular weight excluding hydrogens is 198 g/mol. The van der Waals surface area contributed by atoms with Crippen molar-refractivity contribution < 1.29 is 5.11 Å². The molecule has 0 spiro atoms. The maximum Gasteiger partial charge on any atom is 0.122 e. The summed E-state index contributed by atoms with van der Waals surface area (Å²) in [5.74, 6) is 0.456. The van der Waals surface area contributed by atoms with Gasteiger partial charge in [0.15, 0.2) is 0 Å². The Balaban J connectivity index is 3.39. The zero-order valence-electron chi connectivity index (χ0n) is 8.76.